The summed E-state index contributed by atoms with van der Waals surface area (Å²) in [6.07, 6.45) is 1.69. The van der Waals surface area contributed by atoms with Crippen molar-refractivity contribution in [1.29, 1.82) is 5.26 Å². The van der Waals surface area contributed by atoms with Gasteiger partial charge >= 0.3 is 0 Å². The molecular weight excluding hydrogens is 408 g/mol. The summed E-state index contributed by atoms with van der Waals surface area (Å²) in [6, 6.07) is 14.9. The van der Waals surface area contributed by atoms with Gasteiger partial charge in [-0.1, -0.05) is 50.8 Å². The van der Waals surface area contributed by atoms with E-state index in [9.17, 15) is 4.39 Å². The van der Waals surface area contributed by atoms with Gasteiger partial charge in [-0.3, -0.25) is 5.84 Å². The number of halogens is 1. The molecule has 1 aliphatic rings. The fourth-order valence-corrected chi connectivity index (χ4v) is 4.88. The van der Waals surface area contributed by atoms with Gasteiger partial charge in [0.25, 0.3) is 6.71 Å². The lowest BCUT2D eigenvalue weighted by molar-refractivity contribution is 0.500. The lowest BCUT2D eigenvalue weighted by atomic mass is 9.45. The summed E-state index contributed by atoms with van der Waals surface area (Å²) >= 11 is 0. The third kappa shape index (κ3) is 6.44. The number of nitrogens with one attached hydrogen (secondary N) is 1. The number of nitrogens with two attached hydrogens (primary N) is 1. The first-order valence-electron chi connectivity index (χ1n) is 10.5. The Balaban J connectivity index is 0.00000166. The van der Waals surface area contributed by atoms with Crippen LogP contribution in [0.25, 0.3) is 5.70 Å². The second kappa shape index (κ2) is 12.3. The van der Waals surface area contributed by atoms with Crippen molar-refractivity contribution in [3.63, 3.8) is 0 Å². The molecule has 1 unspecified atom stereocenters. The molecule has 8 heteroatoms. The van der Waals surface area contributed by atoms with Crippen molar-refractivity contribution >= 4 is 34.8 Å². The van der Waals surface area contributed by atoms with Crippen LogP contribution < -0.4 is 15.6 Å². The van der Waals surface area contributed by atoms with E-state index in [1.807, 2.05) is 50.2 Å². The molecule has 0 saturated carbocycles. The van der Waals surface area contributed by atoms with E-state index in [2.05, 4.69) is 32.5 Å². The average molecular weight is 439 g/mol. The Hall–Kier alpha value is -2.60. The molecule has 0 aromatic heterocycles. The summed E-state index contributed by atoms with van der Waals surface area (Å²) in [5.41, 5.74) is 5.11. The SMILES string of the molecule is C=C(NN)c1ccc(CN(c2ccccc2)S(=C)N2CCB(C#N)CC2)c(F)c1.CC. The molecule has 31 heavy (non-hydrogen) atoms. The number of hydrazine groups is 1. The highest BCUT2D eigenvalue weighted by Crippen LogP contribution is 2.34. The Morgan fingerprint density at radius 2 is 1.90 bits per heavy atom. The van der Waals surface area contributed by atoms with Crippen molar-refractivity contribution in [2.45, 2.75) is 33.0 Å². The zero-order valence-corrected chi connectivity index (χ0v) is 19.2. The van der Waals surface area contributed by atoms with E-state index in [1.165, 1.54) is 6.07 Å². The smallest absolute Gasteiger partial charge is 0.270 e. The van der Waals surface area contributed by atoms with E-state index in [4.69, 9.17) is 11.1 Å². The highest BCUT2D eigenvalue weighted by Gasteiger charge is 2.26. The first-order chi connectivity index (χ1) is 15.0. The molecule has 2 aromatic carbocycles. The lowest BCUT2D eigenvalue weighted by Gasteiger charge is -2.37. The number of anilines is 1. The van der Waals surface area contributed by atoms with Crippen LogP contribution in [0.3, 0.4) is 0 Å². The Bertz CT molecular complexity index is 923. The van der Waals surface area contributed by atoms with Crippen LogP contribution in [0.1, 0.15) is 25.0 Å². The molecule has 3 rings (SSSR count). The predicted molar refractivity (Wildman–Crippen MR) is 134 cm³/mol. The van der Waals surface area contributed by atoms with Crippen molar-refractivity contribution in [1.82, 2.24) is 9.73 Å². The molecule has 5 nitrogen and oxygen atoms in total. The van der Waals surface area contributed by atoms with Crippen LogP contribution in [0, 0.1) is 17.0 Å². The molecule has 0 aliphatic carbocycles. The van der Waals surface area contributed by atoms with Crippen LogP contribution in [0.5, 0.6) is 0 Å². The molecule has 1 saturated heterocycles. The first kappa shape index (κ1) is 24.7. The predicted octanol–water partition coefficient (Wildman–Crippen LogP) is 4.70. The fourth-order valence-electron chi connectivity index (χ4n) is 3.32. The number of rotatable bonds is 7. The molecule has 1 aliphatic heterocycles. The van der Waals surface area contributed by atoms with E-state index >= 15 is 0 Å². The molecule has 1 heterocycles. The monoisotopic (exact) mass is 439 g/mol. The van der Waals surface area contributed by atoms with Crippen LogP contribution in [0.2, 0.25) is 12.6 Å². The Morgan fingerprint density at radius 3 is 2.45 bits per heavy atom. The van der Waals surface area contributed by atoms with E-state index < -0.39 is 10.9 Å². The van der Waals surface area contributed by atoms with Crippen molar-refractivity contribution in [3.05, 3.63) is 72.1 Å². The van der Waals surface area contributed by atoms with Crippen LogP contribution in [-0.4, -0.2) is 30.0 Å². The minimum Gasteiger partial charge on any atom is -0.324 e. The maximum Gasteiger partial charge on any atom is 0.270 e. The highest BCUT2D eigenvalue weighted by atomic mass is 32.2. The lowest BCUT2D eigenvalue weighted by Crippen LogP contribution is -2.37. The molecule has 164 valence electrons. The van der Waals surface area contributed by atoms with Crippen molar-refractivity contribution < 1.29 is 4.39 Å². The Morgan fingerprint density at radius 1 is 1.26 bits per heavy atom. The van der Waals surface area contributed by atoms with Crippen LogP contribution in [0.4, 0.5) is 10.1 Å². The molecule has 0 spiro atoms. The highest BCUT2D eigenvalue weighted by molar-refractivity contribution is 8.13. The van der Waals surface area contributed by atoms with E-state index in [0.29, 0.717) is 23.4 Å². The number of benzene rings is 2. The molecule has 0 bridgehead atoms. The van der Waals surface area contributed by atoms with Gasteiger partial charge in [-0.05, 0) is 47.6 Å². The van der Waals surface area contributed by atoms with E-state index in [0.717, 1.165) is 31.4 Å². The molecular formula is C23H31BFN5S. The molecule has 1 fully saturated rings. The standard InChI is InChI=1S/C21H25BFN5S.C2H6/c1-17(26-25)18-8-9-19(21(23)14-18)15-28(20-6-4-3-5-7-20)29(2)27-12-10-22(16-24)11-13-27;1-2/h3-9,14,26H,1-2,10-13,15,25H2;1-2H3. The van der Waals surface area contributed by atoms with Gasteiger partial charge in [0.2, 0.25) is 0 Å². The third-order valence-electron chi connectivity index (χ3n) is 5.12. The van der Waals surface area contributed by atoms with E-state index in [-0.39, 0.29) is 12.5 Å². The second-order valence-electron chi connectivity index (χ2n) is 6.97. The average Bonchev–Trinajstić information content (AvgIpc) is 2.84. The van der Waals surface area contributed by atoms with Crippen molar-refractivity contribution in [3.8, 4) is 5.97 Å². The molecule has 1 atom stereocenters. The van der Waals surface area contributed by atoms with Gasteiger partial charge in [0.15, 0.2) is 0 Å². The Kier molecular flexibility index (Phi) is 9.79. The minimum absolute atomic E-state index is 0.114. The third-order valence-corrected chi connectivity index (χ3v) is 6.93. The maximum atomic E-state index is 14.8. The zero-order valence-electron chi connectivity index (χ0n) is 18.4. The van der Waals surface area contributed by atoms with Gasteiger partial charge in [-0.2, -0.15) is 0 Å². The zero-order chi connectivity index (χ0) is 22.8. The van der Waals surface area contributed by atoms with Crippen molar-refractivity contribution in [2.75, 3.05) is 17.4 Å². The summed E-state index contributed by atoms with van der Waals surface area (Å²) in [4.78, 5) is 0. The van der Waals surface area contributed by atoms with Crippen LogP contribution in [-0.2, 0) is 6.54 Å². The van der Waals surface area contributed by atoms with Gasteiger partial charge in [-0.15, -0.1) is 0 Å². The number of nitriles is 1. The summed E-state index contributed by atoms with van der Waals surface area (Å²) in [6.45, 7) is 9.91. The van der Waals surface area contributed by atoms with Gasteiger partial charge < -0.3 is 9.73 Å². The largest absolute Gasteiger partial charge is 0.324 e. The summed E-state index contributed by atoms with van der Waals surface area (Å²) in [7, 11) is -0.496. The Labute approximate surface area is 188 Å². The number of nitrogens with zero attached hydrogens (tertiary/aromatic N) is 3. The molecule has 0 amide bonds. The van der Waals surface area contributed by atoms with Crippen LogP contribution in [0.15, 0.2) is 55.1 Å². The number of para-hydroxylation sites is 1. The topological polar surface area (TPSA) is 68.3 Å². The van der Waals surface area contributed by atoms with Gasteiger partial charge in [0.1, 0.15) is 5.82 Å². The quantitative estimate of drug-likeness (QED) is 0.283. The molecule has 0 radical (unpaired) electrons. The fraction of sp³-hybridized carbons (Fsp3) is 0.304. The maximum absolute atomic E-state index is 14.8. The first-order valence-corrected chi connectivity index (χ1v) is 11.8. The summed E-state index contributed by atoms with van der Waals surface area (Å²) in [5.74, 6) is 11.8. The summed E-state index contributed by atoms with van der Waals surface area (Å²) in [5, 5.41) is 9.16. The van der Waals surface area contributed by atoms with Gasteiger partial charge in [0, 0.05) is 41.6 Å². The minimum atomic E-state index is -0.496. The number of hydrogen-bond acceptors (Lipinski definition) is 5. The van der Waals surface area contributed by atoms with Gasteiger partial charge in [0.05, 0.1) is 6.54 Å². The number of hydrogen-bond donors (Lipinski definition) is 2. The van der Waals surface area contributed by atoms with Crippen molar-refractivity contribution in [2.24, 2.45) is 5.84 Å². The second-order valence-corrected chi connectivity index (χ2v) is 8.61. The normalized spacial score (nSPS) is 14.6. The molecule has 3 N–H and O–H groups in total. The van der Waals surface area contributed by atoms with Gasteiger partial charge in [-0.25, -0.2) is 14.0 Å². The summed E-state index contributed by atoms with van der Waals surface area (Å²) < 4.78 is 19.2. The van der Waals surface area contributed by atoms with Crippen LogP contribution >= 0.6 is 10.9 Å². The molecule has 2 aromatic rings. The van der Waals surface area contributed by atoms with E-state index in [1.54, 1.807) is 6.07 Å².